The Bertz CT molecular complexity index is 298. The van der Waals surface area contributed by atoms with Crippen molar-refractivity contribution in [3.63, 3.8) is 0 Å². The van der Waals surface area contributed by atoms with Gasteiger partial charge in [-0.05, 0) is 42.2 Å². The monoisotopic (exact) mass is 194 g/mol. The molecule has 0 saturated heterocycles. The first kappa shape index (κ1) is 9.10. The average molecular weight is 194 g/mol. The van der Waals surface area contributed by atoms with Crippen molar-refractivity contribution >= 4 is 11.8 Å². The predicted octanol–water partition coefficient (Wildman–Crippen LogP) is 2.50. The minimum absolute atomic E-state index is 0.341. The normalized spacial score (nSPS) is 26.0. The molecule has 0 amide bonds. The van der Waals surface area contributed by atoms with Crippen LogP contribution in [0.4, 0.5) is 0 Å². The summed E-state index contributed by atoms with van der Waals surface area (Å²) in [7, 11) is 0. The number of hydrogen-bond donors (Lipinski definition) is 1. The molecule has 2 unspecified atom stereocenters. The van der Waals surface area contributed by atoms with Crippen molar-refractivity contribution in [2.24, 2.45) is 5.92 Å². The summed E-state index contributed by atoms with van der Waals surface area (Å²) in [5.41, 5.74) is 1.39. The van der Waals surface area contributed by atoms with Crippen LogP contribution in [0.1, 0.15) is 17.9 Å². The zero-order valence-electron chi connectivity index (χ0n) is 7.73. The van der Waals surface area contributed by atoms with Gasteiger partial charge >= 0.3 is 0 Å². The second-order valence-corrected chi connectivity index (χ2v) is 4.44. The van der Waals surface area contributed by atoms with Gasteiger partial charge < -0.3 is 5.11 Å². The Morgan fingerprint density at radius 1 is 1.54 bits per heavy atom. The highest BCUT2D eigenvalue weighted by Gasteiger charge is 2.37. The molecule has 1 fully saturated rings. The van der Waals surface area contributed by atoms with Gasteiger partial charge in [0.25, 0.3) is 0 Å². The Hall–Kier alpha value is -0.470. The predicted molar refractivity (Wildman–Crippen MR) is 56.2 cm³/mol. The first-order valence-corrected chi connectivity index (χ1v) is 5.82. The van der Waals surface area contributed by atoms with E-state index in [0.717, 1.165) is 6.42 Å². The molecule has 1 N–H and O–H groups in total. The number of benzene rings is 1. The fourth-order valence-electron chi connectivity index (χ4n) is 1.73. The van der Waals surface area contributed by atoms with Crippen molar-refractivity contribution in [1.82, 2.24) is 0 Å². The fraction of sp³-hybridized carbons (Fsp3) is 0.455. The largest absolute Gasteiger partial charge is 0.396 e. The molecule has 1 saturated carbocycles. The van der Waals surface area contributed by atoms with Crippen molar-refractivity contribution in [3.8, 4) is 0 Å². The molecule has 70 valence electrons. The Balaban J connectivity index is 2.13. The lowest BCUT2D eigenvalue weighted by molar-refractivity contribution is 0.274. The molecule has 0 radical (unpaired) electrons. The van der Waals surface area contributed by atoms with Crippen LogP contribution in [0.3, 0.4) is 0 Å². The maximum Gasteiger partial charge on any atom is 0.0465 e. The van der Waals surface area contributed by atoms with Crippen LogP contribution in [-0.2, 0) is 0 Å². The highest BCUT2D eigenvalue weighted by Crippen LogP contribution is 2.47. The molecule has 0 aromatic heterocycles. The van der Waals surface area contributed by atoms with Gasteiger partial charge in [-0.25, -0.2) is 0 Å². The molecule has 2 atom stereocenters. The second kappa shape index (κ2) is 3.72. The number of aliphatic hydroxyl groups excluding tert-OH is 1. The van der Waals surface area contributed by atoms with Gasteiger partial charge in [0, 0.05) is 11.5 Å². The third kappa shape index (κ3) is 1.89. The highest BCUT2D eigenvalue weighted by molar-refractivity contribution is 7.98. The molecule has 1 aromatic rings. The summed E-state index contributed by atoms with van der Waals surface area (Å²) < 4.78 is 0. The van der Waals surface area contributed by atoms with E-state index in [4.69, 9.17) is 5.11 Å². The van der Waals surface area contributed by atoms with Crippen LogP contribution >= 0.6 is 11.8 Å². The molecule has 0 aliphatic heterocycles. The van der Waals surface area contributed by atoms with E-state index in [0.29, 0.717) is 18.4 Å². The van der Waals surface area contributed by atoms with Crippen molar-refractivity contribution in [2.45, 2.75) is 17.2 Å². The lowest BCUT2D eigenvalue weighted by Gasteiger charge is -2.01. The van der Waals surface area contributed by atoms with Crippen molar-refractivity contribution in [1.29, 1.82) is 0 Å². The Labute approximate surface area is 83.2 Å². The van der Waals surface area contributed by atoms with Crippen LogP contribution in [0, 0.1) is 5.92 Å². The maximum atomic E-state index is 8.96. The molecule has 1 aliphatic carbocycles. The maximum absolute atomic E-state index is 8.96. The van der Waals surface area contributed by atoms with E-state index in [-0.39, 0.29) is 0 Å². The fourth-order valence-corrected chi connectivity index (χ4v) is 2.20. The molecular weight excluding hydrogens is 180 g/mol. The molecule has 0 spiro atoms. The van der Waals surface area contributed by atoms with E-state index < -0.39 is 0 Å². The van der Waals surface area contributed by atoms with E-state index in [2.05, 4.69) is 30.5 Å². The number of hydrogen-bond acceptors (Lipinski definition) is 2. The van der Waals surface area contributed by atoms with E-state index in [1.807, 2.05) is 0 Å². The van der Waals surface area contributed by atoms with Gasteiger partial charge in [0.15, 0.2) is 0 Å². The van der Waals surface area contributed by atoms with E-state index in [1.54, 1.807) is 11.8 Å². The zero-order chi connectivity index (χ0) is 9.26. The van der Waals surface area contributed by atoms with Gasteiger partial charge in [-0.2, -0.15) is 0 Å². The smallest absolute Gasteiger partial charge is 0.0465 e. The molecular formula is C11H14OS. The van der Waals surface area contributed by atoms with Crippen LogP contribution in [0.5, 0.6) is 0 Å². The molecule has 2 rings (SSSR count). The summed E-state index contributed by atoms with van der Waals surface area (Å²) in [5.74, 6) is 1.15. The molecule has 0 heterocycles. The highest BCUT2D eigenvalue weighted by atomic mass is 32.2. The lowest BCUT2D eigenvalue weighted by atomic mass is 10.1. The minimum Gasteiger partial charge on any atom is -0.396 e. The van der Waals surface area contributed by atoms with Gasteiger partial charge in [-0.3, -0.25) is 0 Å². The minimum atomic E-state index is 0.341. The Kier molecular flexibility index (Phi) is 2.61. The van der Waals surface area contributed by atoms with Crippen LogP contribution < -0.4 is 0 Å². The molecule has 0 bridgehead atoms. The van der Waals surface area contributed by atoms with Crippen LogP contribution in [0.25, 0.3) is 0 Å². The van der Waals surface area contributed by atoms with Crippen LogP contribution in [0.2, 0.25) is 0 Å². The summed E-state index contributed by atoms with van der Waals surface area (Å²) in [5, 5.41) is 8.96. The quantitative estimate of drug-likeness (QED) is 0.746. The standard InChI is InChI=1S/C11H14OS/c1-13-10-4-2-3-8(5-10)11-6-9(11)7-12/h2-5,9,11-12H,6-7H2,1H3. The topological polar surface area (TPSA) is 20.2 Å². The van der Waals surface area contributed by atoms with Crippen molar-refractivity contribution in [3.05, 3.63) is 29.8 Å². The lowest BCUT2D eigenvalue weighted by Crippen LogP contribution is -1.88. The third-order valence-corrected chi connectivity index (χ3v) is 3.40. The van der Waals surface area contributed by atoms with Crippen molar-refractivity contribution < 1.29 is 5.11 Å². The van der Waals surface area contributed by atoms with Gasteiger partial charge in [-0.15, -0.1) is 11.8 Å². The molecule has 13 heavy (non-hydrogen) atoms. The van der Waals surface area contributed by atoms with Gasteiger partial charge in [0.1, 0.15) is 0 Å². The van der Waals surface area contributed by atoms with E-state index in [9.17, 15) is 0 Å². The second-order valence-electron chi connectivity index (χ2n) is 3.56. The summed E-state index contributed by atoms with van der Waals surface area (Å²) >= 11 is 1.77. The van der Waals surface area contributed by atoms with Gasteiger partial charge in [0.05, 0.1) is 0 Å². The summed E-state index contributed by atoms with van der Waals surface area (Å²) in [6.07, 6.45) is 3.25. The number of rotatable bonds is 3. The number of aliphatic hydroxyl groups is 1. The van der Waals surface area contributed by atoms with Crippen molar-refractivity contribution in [2.75, 3.05) is 12.9 Å². The van der Waals surface area contributed by atoms with Gasteiger partial charge in [-0.1, -0.05) is 12.1 Å². The zero-order valence-corrected chi connectivity index (χ0v) is 8.55. The van der Waals surface area contributed by atoms with E-state index in [1.165, 1.54) is 10.5 Å². The summed E-state index contributed by atoms with van der Waals surface area (Å²) in [6.45, 7) is 0.341. The molecule has 1 aliphatic rings. The Morgan fingerprint density at radius 2 is 2.38 bits per heavy atom. The summed E-state index contributed by atoms with van der Waals surface area (Å²) in [4.78, 5) is 1.32. The molecule has 1 nitrogen and oxygen atoms in total. The SMILES string of the molecule is CSc1cccc(C2CC2CO)c1. The third-order valence-electron chi connectivity index (χ3n) is 2.68. The first-order chi connectivity index (χ1) is 6.35. The Morgan fingerprint density at radius 3 is 3.00 bits per heavy atom. The van der Waals surface area contributed by atoms with Crippen LogP contribution in [-0.4, -0.2) is 18.0 Å². The number of thioether (sulfide) groups is 1. The average Bonchev–Trinajstić information content (AvgIpc) is 2.97. The molecule has 1 aromatic carbocycles. The summed E-state index contributed by atoms with van der Waals surface area (Å²) in [6, 6.07) is 8.64. The molecule has 2 heteroatoms. The first-order valence-electron chi connectivity index (χ1n) is 4.60. The van der Waals surface area contributed by atoms with Gasteiger partial charge in [0.2, 0.25) is 0 Å². The van der Waals surface area contributed by atoms with Crippen LogP contribution in [0.15, 0.2) is 29.2 Å². The van der Waals surface area contributed by atoms with E-state index >= 15 is 0 Å².